The van der Waals surface area contributed by atoms with Gasteiger partial charge in [-0.15, -0.1) is 0 Å². The molecule has 3 nitrogen and oxygen atoms in total. The Morgan fingerprint density at radius 2 is 2.06 bits per heavy atom. The summed E-state index contributed by atoms with van der Waals surface area (Å²) in [4.78, 5) is 4.51. The second kappa shape index (κ2) is 4.67. The van der Waals surface area contributed by atoms with E-state index in [1.165, 1.54) is 0 Å². The zero-order valence-corrected chi connectivity index (χ0v) is 10.4. The summed E-state index contributed by atoms with van der Waals surface area (Å²) in [6, 6.07) is 10.3. The summed E-state index contributed by atoms with van der Waals surface area (Å²) in [5.74, 6) is 0. The molecule has 0 spiro atoms. The third-order valence-electron chi connectivity index (χ3n) is 3.77. The Morgan fingerprint density at radius 1 is 1.17 bits per heavy atom. The molecule has 1 aromatic carbocycles. The summed E-state index contributed by atoms with van der Waals surface area (Å²) in [5.41, 5.74) is 8.42. The minimum absolute atomic E-state index is 0.284. The fourth-order valence-electron chi connectivity index (χ4n) is 2.60. The van der Waals surface area contributed by atoms with Crippen LogP contribution in [0.3, 0.4) is 0 Å². The summed E-state index contributed by atoms with van der Waals surface area (Å²) in [5, 5.41) is 1.16. The van der Waals surface area contributed by atoms with Crippen molar-refractivity contribution >= 4 is 10.9 Å². The number of hydrogen-bond donors (Lipinski definition) is 1. The summed E-state index contributed by atoms with van der Waals surface area (Å²) in [6.07, 6.45) is 4.77. The third-order valence-corrected chi connectivity index (χ3v) is 3.77. The van der Waals surface area contributed by atoms with Crippen LogP contribution in [0.4, 0.5) is 0 Å². The van der Waals surface area contributed by atoms with Crippen molar-refractivity contribution in [3.05, 3.63) is 42.1 Å². The van der Waals surface area contributed by atoms with Gasteiger partial charge in [-0.2, -0.15) is 0 Å². The molecular formula is C15H18N2O. The summed E-state index contributed by atoms with van der Waals surface area (Å²) in [7, 11) is 0. The molecule has 1 atom stereocenters. The van der Waals surface area contributed by atoms with E-state index in [9.17, 15) is 0 Å². The van der Waals surface area contributed by atoms with Gasteiger partial charge in [0.05, 0.1) is 5.52 Å². The number of hydrogen-bond acceptors (Lipinski definition) is 3. The quantitative estimate of drug-likeness (QED) is 0.836. The molecule has 1 aliphatic rings. The SMILES string of the molecule is NC1(c2cnc3ccccc3c2)CCCOCC1. The van der Waals surface area contributed by atoms with Gasteiger partial charge in [0, 0.05) is 30.3 Å². The molecule has 0 saturated carbocycles. The third kappa shape index (κ3) is 2.11. The van der Waals surface area contributed by atoms with Gasteiger partial charge >= 0.3 is 0 Å². The average Bonchev–Trinajstić information content (AvgIpc) is 2.64. The number of ether oxygens (including phenoxy) is 1. The molecule has 1 saturated heterocycles. The lowest BCUT2D eigenvalue weighted by Gasteiger charge is -2.27. The highest BCUT2D eigenvalue weighted by Crippen LogP contribution is 2.30. The van der Waals surface area contributed by atoms with Crippen LogP contribution < -0.4 is 5.73 Å². The Hall–Kier alpha value is -1.45. The second-order valence-electron chi connectivity index (χ2n) is 5.04. The first kappa shape index (κ1) is 11.6. The van der Waals surface area contributed by atoms with Crippen LogP contribution in [0.2, 0.25) is 0 Å². The van der Waals surface area contributed by atoms with Gasteiger partial charge in [-0.1, -0.05) is 18.2 Å². The lowest BCUT2D eigenvalue weighted by molar-refractivity contribution is 0.139. The lowest BCUT2D eigenvalue weighted by atomic mass is 9.84. The number of benzene rings is 1. The minimum Gasteiger partial charge on any atom is -0.381 e. The van der Waals surface area contributed by atoms with Crippen molar-refractivity contribution in [2.45, 2.75) is 24.8 Å². The fraction of sp³-hybridized carbons (Fsp3) is 0.400. The summed E-state index contributed by atoms with van der Waals surface area (Å²) >= 11 is 0. The molecule has 0 bridgehead atoms. The first-order chi connectivity index (χ1) is 8.78. The van der Waals surface area contributed by atoms with Crippen LogP contribution in [-0.2, 0) is 10.3 Å². The molecule has 0 radical (unpaired) electrons. The number of nitrogens with two attached hydrogens (primary N) is 1. The van der Waals surface area contributed by atoms with Crippen molar-refractivity contribution in [3.8, 4) is 0 Å². The molecule has 2 N–H and O–H groups in total. The Bertz CT molecular complexity index is 545. The molecule has 3 heteroatoms. The molecule has 94 valence electrons. The Balaban J connectivity index is 2.02. The van der Waals surface area contributed by atoms with Gasteiger partial charge < -0.3 is 10.5 Å². The molecule has 1 unspecified atom stereocenters. The molecule has 0 amide bonds. The molecule has 2 heterocycles. The topological polar surface area (TPSA) is 48.1 Å². The van der Waals surface area contributed by atoms with E-state index >= 15 is 0 Å². The number of fused-ring (bicyclic) bond motifs is 1. The number of para-hydroxylation sites is 1. The van der Waals surface area contributed by atoms with Crippen LogP contribution >= 0.6 is 0 Å². The van der Waals surface area contributed by atoms with E-state index in [-0.39, 0.29) is 5.54 Å². The second-order valence-corrected chi connectivity index (χ2v) is 5.04. The molecule has 3 rings (SSSR count). The maximum atomic E-state index is 6.55. The fourth-order valence-corrected chi connectivity index (χ4v) is 2.60. The Labute approximate surface area is 107 Å². The molecule has 1 fully saturated rings. The lowest BCUT2D eigenvalue weighted by Crippen LogP contribution is -2.37. The van der Waals surface area contributed by atoms with Crippen LogP contribution in [0.25, 0.3) is 10.9 Å². The van der Waals surface area contributed by atoms with E-state index in [1.54, 1.807) is 0 Å². The highest BCUT2D eigenvalue weighted by atomic mass is 16.5. The van der Waals surface area contributed by atoms with Crippen molar-refractivity contribution in [1.29, 1.82) is 0 Å². The van der Waals surface area contributed by atoms with Crippen LogP contribution in [0.1, 0.15) is 24.8 Å². The maximum Gasteiger partial charge on any atom is 0.0702 e. The van der Waals surface area contributed by atoms with Crippen LogP contribution in [-0.4, -0.2) is 18.2 Å². The van der Waals surface area contributed by atoms with Crippen molar-refractivity contribution < 1.29 is 4.74 Å². The summed E-state index contributed by atoms with van der Waals surface area (Å²) in [6.45, 7) is 1.56. The highest BCUT2D eigenvalue weighted by Gasteiger charge is 2.29. The number of pyridine rings is 1. The van der Waals surface area contributed by atoms with E-state index in [2.05, 4.69) is 17.1 Å². The molecule has 2 aromatic rings. The van der Waals surface area contributed by atoms with E-state index < -0.39 is 0 Å². The first-order valence-electron chi connectivity index (χ1n) is 6.50. The van der Waals surface area contributed by atoms with Crippen molar-refractivity contribution in [2.75, 3.05) is 13.2 Å². The number of nitrogens with zero attached hydrogens (tertiary/aromatic N) is 1. The highest BCUT2D eigenvalue weighted by molar-refractivity contribution is 5.78. The van der Waals surface area contributed by atoms with E-state index in [0.29, 0.717) is 0 Å². The maximum absolute atomic E-state index is 6.55. The monoisotopic (exact) mass is 242 g/mol. The van der Waals surface area contributed by atoms with E-state index in [0.717, 1.165) is 48.9 Å². The van der Waals surface area contributed by atoms with Gasteiger partial charge in [0.1, 0.15) is 0 Å². The molecule has 1 aliphatic heterocycles. The molecular weight excluding hydrogens is 224 g/mol. The van der Waals surface area contributed by atoms with Crippen LogP contribution in [0.15, 0.2) is 36.5 Å². The van der Waals surface area contributed by atoms with Gasteiger partial charge in [-0.25, -0.2) is 0 Å². The Morgan fingerprint density at radius 3 is 3.00 bits per heavy atom. The largest absolute Gasteiger partial charge is 0.381 e. The predicted molar refractivity (Wildman–Crippen MR) is 72.3 cm³/mol. The van der Waals surface area contributed by atoms with Gasteiger partial charge in [0.25, 0.3) is 0 Å². The zero-order chi connectivity index (χ0) is 12.4. The van der Waals surface area contributed by atoms with Crippen molar-refractivity contribution in [3.63, 3.8) is 0 Å². The standard InChI is InChI=1S/C15H18N2O/c16-15(6-3-8-18-9-7-15)13-10-12-4-1-2-5-14(12)17-11-13/h1-2,4-5,10-11H,3,6-9,16H2. The van der Waals surface area contributed by atoms with Crippen LogP contribution in [0, 0.1) is 0 Å². The smallest absolute Gasteiger partial charge is 0.0702 e. The van der Waals surface area contributed by atoms with Crippen molar-refractivity contribution in [1.82, 2.24) is 4.98 Å². The summed E-state index contributed by atoms with van der Waals surface area (Å²) < 4.78 is 5.50. The number of aromatic nitrogens is 1. The van der Waals surface area contributed by atoms with Crippen molar-refractivity contribution in [2.24, 2.45) is 5.73 Å². The van der Waals surface area contributed by atoms with E-state index in [1.807, 2.05) is 24.4 Å². The van der Waals surface area contributed by atoms with Gasteiger partial charge in [0.15, 0.2) is 0 Å². The zero-order valence-electron chi connectivity index (χ0n) is 10.4. The van der Waals surface area contributed by atoms with Crippen LogP contribution in [0.5, 0.6) is 0 Å². The molecule has 0 aliphatic carbocycles. The van der Waals surface area contributed by atoms with E-state index in [4.69, 9.17) is 10.5 Å². The van der Waals surface area contributed by atoms with Gasteiger partial charge in [-0.05, 0) is 37.0 Å². The first-order valence-corrected chi connectivity index (χ1v) is 6.50. The minimum atomic E-state index is -0.284. The van der Waals surface area contributed by atoms with Gasteiger partial charge in [0.2, 0.25) is 0 Å². The molecule has 1 aromatic heterocycles. The predicted octanol–water partition coefficient (Wildman–Crippen LogP) is 2.59. The normalized spacial score (nSPS) is 24.9. The van der Waals surface area contributed by atoms with Gasteiger partial charge in [-0.3, -0.25) is 4.98 Å². The number of rotatable bonds is 1. The average molecular weight is 242 g/mol. The molecule has 18 heavy (non-hydrogen) atoms. The Kier molecular flexibility index (Phi) is 3.02.